The Labute approximate surface area is 171 Å². The van der Waals surface area contributed by atoms with E-state index in [-0.39, 0.29) is 12.5 Å². The number of hydrogen-bond donors (Lipinski definition) is 2. The number of carbonyl (C=O) groups is 1. The molecule has 1 aromatic heterocycles. The topological polar surface area (TPSA) is 66.0 Å². The van der Waals surface area contributed by atoms with E-state index in [0.717, 1.165) is 24.6 Å². The maximum atomic E-state index is 11.7. The van der Waals surface area contributed by atoms with Crippen molar-refractivity contribution in [1.29, 1.82) is 0 Å². The lowest BCUT2D eigenvalue weighted by Crippen LogP contribution is -2.39. The molecule has 1 heterocycles. The molecule has 0 saturated carbocycles. The van der Waals surface area contributed by atoms with Crippen LogP contribution in [0.25, 0.3) is 0 Å². The second-order valence-electron chi connectivity index (χ2n) is 6.76. The molecule has 0 spiro atoms. The summed E-state index contributed by atoms with van der Waals surface area (Å²) in [6.07, 6.45) is 0. The van der Waals surface area contributed by atoms with E-state index in [1.807, 2.05) is 24.3 Å². The number of hydrogen-bond acceptors (Lipinski definition) is 4. The van der Waals surface area contributed by atoms with E-state index in [1.54, 1.807) is 25.4 Å². The van der Waals surface area contributed by atoms with Gasteiger partial charge in [0.1, 0.15) is 5.75 Å². The summed E-state index contributed by atoms with van der Waals surface area (Å²) in [7, 11) is 3.43. The molecule has 0 saturated heterocycles. The van der Waals surface area contributed by atoms with E-state index in [1.165, 1.54) is 10.5 Å². The second-order valence-corrected chi connectivity index (χ2v) is 7.54. The van der Waals surface area contributed by atoms with Crippen LogP contribution in [0.1, 0.15) is 30.9 Å². The molecular weight excluding hydrogens is 372 g/mol. The number of amides is 1. The van der Waals surface area contributed by atoms with Gasteiger partial charge in [0.15, 0.2) is 12.6 Å². The predicted molar refractivity (Wildman–Crippen MR) is 116 cm³/mol. The first kappa shape index (κ1) is 21.8. The van der Waals surface area contributed by atoms with Gasteiger partial charge in [-0.25, -0.2) is 4.99 Å². The molecule has 2 N–H and O–H groups in total. The van der Waals surface area contributed by atoms with E-state index in [2.05, 4.69) is 46.3 Å². The lowest BCUT2D eigenvalue weighted by Gasteiger charge is -2.15. The van der Waals surface area contributed by atoms with Crippen molar-refractivity contribution in [2.45, 2.75) is 26.3 Å². The molecule has 0 radical (unpaired) electrons. The van der Waals surface area contributed by atoms with E-state index in [0.29, 0.717) is 18.2 Å². The predicted octanol–water partition coefficient (Wildman–Crippen LogP) is 3.07. The fourth-order valence-electron chi connectivity index (χ4n) is 2.44. The number of benzene rings is 1. The minimum absolute atomic E-state index is 0.0321. The minimum atomic E-state index is -0.0678. The zero-order valence-electron chi connectivity index (χ0n) is 17.1. The van der Waals surface area contributed by atoms with Crippen LogP contribution in [0.3, 0.4) is 0 Å². The maximum absolute atomic E-state index is 11.7. The summed E-state index contributed by atoms with van der Waals surface area (Å²) in [4.78, 5) is 17.8. The van der Waals surface area contributed by atoms with E-state index in [9.17, 15) is 4.79 Å². The van der Waals surface area contributed by atoms with Gasteiger partial charge in [-0.2, -0.15) is 11.3 Å². The molecule has 1 unspecified atom stereocenters. The van der Waals surface area contributed by atoms with Gasteiger partial charge in [-0.15, -0.1) is 0 Å². The number of nitrogens with zero attached hydrogens (tertiary/aromatic N) is 2. The fourth-order valence-corrected chi connectivity index (χ4v) is 3.23. The Morgan fingerprint density at radius 3 is 2.79 bits per heavy atom. The van der Waals surface area contributed by atoms with E-state index in [4.69, 9.17) is 4.74 Å². The number of carbonyl (C=O) groups excluding carboxylic acids is 1. The number of nitrogens with one attached hydrogen (secondary N) is 2. The molecule has 7 heteroatoms. The third-order valence-corrected chi connectivity index (χ3v) is 4.91. The lowest BCUT2D eigenvalue weighted by atomic mass is 10.1. The SMILES string of the molecule is CCNC(=NCc1cccc(OCC(=O)N(C)C)c1)NCC(C)c1ccsc1. The lowest BCUT2D eigenvalue weighted by molar-refractivity contribution is -0.130. The zero-order valence-corrected chi connectivity index (χ0v) is 17.9. The Hall–Kier alpha value is -2.54. The molecule has 2 aromatic rings. The monoisotopic (exact) mass is 402 g/mol. The average Bonchev–Trinajstić information content (AvgIpc) is 3.23. The standard InChI is InChI=1S/C21H30N4O2S/c1-5-22-21(23-12-16(2)18-9-10-28-15-18)24-13-17-7-6-8-19(11-17)27-14-20(26)25(3)4/h6-11,15-16H,5,12-14H2,1-4H3,(H2,22,23,24). The minimum Gasteiger partial charge on any atom is -0.484 e. The molecule has 2 rings (SSSR count). The van der Waals surface area contributed by atoms with Crippen LogP contribution in [0.2, 0.25) is 0 Å². The summed E-state index contributed by atoms with van der Waals surface area (Å²) in [5.41, 5.74) is 2.36. The number of thiophene rings is 1. The Morgan fingerprint density at radius 1 is 1.29 bits per heavy atom. The van der Waals surface area contributed by atoms with Gasteiger partial charge in [0.05, 0.1) is 6.54 Å². The Balaban J connectivity index is 1.92. The largest absolute Gasteiger partial charge is 0.484 e. The van der Waals surface area contributed by atoms with Crippen LogP contribution in [0, 0.1) is 0 Å². The molecule has 1 aromatic carbocycles. The molecule has 1 amide bonds. The first-order valence-electron chi connectivity index (χ1n) is 9.45. The maximum Gasteiger partial charge on any atom is 0.259 e. The van der Waals surface area contributed by atoms with Crippen molar-refractivity contribution in [3.05, 3.63) is 52.2 Å². The van der Waals surface area contributed by atoms with Crippen LogP contribution < -0.4 is 15.4 Å². The summed E-state index contributed by atoms with van der Waals surface area (Å²) in [6.45, 7) is 6.43. The summed E-state index contributed by atoms with van der Waals surface area (Å²) < 4.78 is 5.57. The number of rotatable bonds is 9. The summed E-state index contributed by atoms with van der Waals surface area (Å²) in [5.74, 6) is 1.81. The quantitative estimate of drug-likeness (QED) is 0.500. The third kappa shape index (κ3) is 7.23. The summed E-state index contributed by atoms with van der Waals surface area (Å²) >= 11 is 1.72. The van der Waals surface area contributed by atoms with Gasteiger partial charge in [-0.05, 0) is 52.9 Å². The van der Waals surface area contributed by atoms with Crippen molar-refractivity contribution < 1.29 is 9.53 Å². The average molecular weight is 403 g/mol. The van der Waals surface area contributed by atoms with Gasteiger partial charge in [-0.1, -0.05) is 19.1 Å². The van der Waals surface area contributed by atoms with Crippen LogP contribution in [0.5, 0.6) is 5.75 Å². The second kappa shape index (κ2) is 11.3. The van der Waals surface area contributed by atoms with Crippen molar-refractivity contribution in [2.24, 2.45) is 4.99 Å². The van der Waals surface area contributed by atoms with Gasteiger partial charge < -0.3 is 20.3 Å². The molecule has 0 bridgehead atoms. The normalized spacial score (nSPS) is 12.4. The van der Waals surface area contributed by atoms with Crippen LogP contribution in [-0.2, 0) is 11.3 Å². The Morgan fingerprint density at radius 2 is 2.11 bits per heavy atom. The Kier molecular flexibility index (Phi) is 8.81. The first-order chi connectivity index (χ1) is 13.5. The summed E-state index contributed by atoms with van der Waals surface area (Å²) in [5, 5.41) is 11.0. The highest BCUT2D eigenvalue weighted by molar-refractivity contribution is 7.07. The molecule has 152 valence electrons. The highest BCUT2D eigenvalue weighted by atomic mass is 32.1. The summed E-state index contributed by atoms with van der Waals surface area (Å²) in [6, 6.07) is 9.85. The Bertz CT molecular complexity index is 760. The van der Waals surface area contributed by atoms with Gasteiger partial charge in [0.2, 0.25) is 0 Å². The molecule has 0 aliphatic carbocycles. The fraction of sp³-hybridized carbons (Fsp3) is 0.429. The number of aliphatic imine (C=N–C) groups is 1. The van der Waals surface area contributed by atoms with Gasteiger partial charge >= 0.3 is 0 Å². The van der Waals surface area contributed by atoms with Crippen molar-refractivity contribution in [2.75, 3.05) is 33.8 Å². The number of ether oxygens (including phenoxy) is 1. The van der Waals surface area contributed by atoms with Crippen LogP contribution in [0.15, 0.2) is 46.1 Å². The van der Waals surface area contributed by atoms with Crippen LogP contribution >= 0.6 is 11.3 Å². The van der Waals surface area contributed by atoms with Crippen molar-refractivity contribution in [3.63, 3.8) is 0 Å². The molecule has 0 fully saturated rings. The number of likely N-dealkylation sites (N-methyl/N-ethyl adjacent to an activating group) is 1. The highest BCUT2D eigenvalue weighted by Gasteiger charge is 2.08. The first-order valence-corrected chi connectivity index (χ1v) is 10.4. The van der Waals surface area contributed by atoms with Crippen LogP contribution in [0.4, 0.5) is 0 Å². The van der Waals surface area contributed by atoms with E-state index < -0.39 is 0 Å². The highest BCUT2D eigenvalue weighted by Crippen LogP contribution is 2.17. The van der Waals surface area contributed by atoms with Crippen molar-refractivity contribution in [3.8, 4) is 5.75 Å². The van der Waals surface area contributed by atoms with Crippen molar-refractivity contribution >= 4 is 23.2 Å². The smallest absolute Gasteiger partial charge is 0.259 e. The zero-order chi connectivity index (χ0) is 20.4. The third-order valence-electron chi connectivity index (χ3n) is 4.21. The molecule has 0 aliphatic heterocycles. The van der Waals surface area contributed by atoms with Crippen molar-refractivity contribution in [1.82, 2.24) is 15.5 Å². The molecule has 28 heavy (non-hydrogen) atoms. The van der Waals surface area contributed by atoms with E-state index >= 15 is 0 Å². The number of guanidine groups is 1. The van der Waals surface area contributed by atoms with Gasteiger partial charge in [-0.3, -0.25) is 4.79 Å². The van der Waals surface area contributed by atoms with Gasteiger partial charge in [0, 0.05) is 27.2 Å². The molecular formula is C21H30N4O2S. The molecule has 0 aliphatic rings. The molecule has 1 atom stereocenters. The van der Waals surface area contributed by atoms with Gasteiger partial charge in [0.25, 0.3) is 5.91 Å². The van der Waals surface area contributed by atoms with Crippen LogP contribution in [-0.4, -0.2) is 50.6 Å². The molecule has 6 nitrogen and oxygen atoms in total.